The third-order valence-electron chi connectivity index (χ3n) is 12.4. The van der Waals surface area contributed by atoms with Gasteiger partial charge in [-0.2, -0.15) is 0 Å². The Labute approximate surface area is 360 Å². The highest BCUT2D eigenvalue weighted by atomic mass is 32.1. The van der Waals surface area contributed by atoms with Crippen LogP contribution in [0, 0.1) is 0 Å². The third kappa shape index (κ3) is 5.56. The molecule has 0 spiro atoms. The normalized spacial score (nSPS) is 11.9. The van der Waals surface area contributed by atoms with Gasteiger partial charge < -0.3 is 4.57 Å². The molecule has 0 amide bonds. The Kier molecular flexibility index (Phi) is 7.74. The molecule has 3 heterocycles. The predicted molar refractivity (Wildman–Crippen MR) is 261 cm³/mol. The zero-order valence-corrected chi connectivity index (χ0v) is 34.1. The maximum atomic E-state index is 5.30. The minimum atomic E-state index is 0.621. The van der Waals surface area contributed by atoms with Crippen LogP contribution in [0.15, 0.2) is 206 Å². The molecular formula is C57H34N4S. The lowest BCUT2D eigenvalue weighted by Gasteiger charge is -2.17. The molecule has 5 heteroatoms. The van der Waals surface area contributed by atoms with E-state index >= 15 is 0 Å². The zero-order valence-electron chi connectivity index (χ0n) is 33.3. The van der Waals surface area contributed by atoms with Gasteiger partial charge in [-0.15, -0.1) is 11.3 Å². The van der Waals surface area contributed by atoms with Crippen molar-refractivity contribution in [2.24, 2.45) is 0 Å². The lowest BCUT2D eigenvalue weighted by molar-refractivity contribution is 1.07. The summed E-state index contributed by atoms with van der Waals surface area (Å²) in [6, 6.07) is 74.1. The zero-order chi connectivity index (χ0) is 40.7. The van der Waals surface area contributed by atoms with Crippen LogP contribution in [0.25, 0.3) is 125 Å². The van der Waals surface area contributed by atoms with Gasteiger partial charge in [-0.3, -0.25) is 0 Å². The molecule has 62 heavy (non-hydrogen) atoms. The van der Waals surface area contributed by atoms with E-state index in [9.17, 15) is 0 Å². The van der Waals surface area contributed by atoms with Crippen LogP contribution < -0.4 is 0 Å². The molecule has 0 N–H and O–H groups in total. The van der Waals surface area contributed by atoms with Crippen molar-refractivity contribution in [1.82, 2.24) is 19.5 Å². The third-order valence-corrected chi connectivity index (χ3v) is 13.6. The highest BCUT2D eigenvalue weighted by Gasteiger charge is 2.21. The van der Waals surface area contributed by atoms with Gasteiger partial charge in [0.2, 0.25) is 0 Å². The lowest BCUT2D eigenvalue weighted by atomic mass is 9.98. The molecule has 0 unspecified atom stereocenters. The molecule has 0 atom stereocenters. The summed E-state index contributed by atoms with van der Waals surface area (Å²) in [5.74, 6) is 1.89. The molecule has 0 aliphatic carbocycles. The Bertz CT molecular complexity index is 3850. The molecule has 0 aliphatic heterocycles. The molecule has 3 aromatic heterocycles. The second-order valence-electron chi connectivity index (χ2n) is 16.0. The van der Waals surface area contributed by atoms with Crippen molar-refractivity contribution in [1.29, 1.82) is 0 Å². The molecule has 0 aliphatic rings. The first kappa shape index (κ1) is 34.8. The summed E-state index contributed by atoms with van der Waals surface area (Å²) in [6.45, 7) is 0. The molecule has 13 rings (SSSR count). The summed E-state index contributed by atoms with van der Waals surface area (Å²) in [6.07, 6.45) is 0. The lowest BCUT2D eigenvalue weighted by Crippen LogP contribution is -2.02. The number of benzene rings is 10. The summed E-state index contributed by atoms with van der Waals surface area (Å²) < 4.78 is 4.98. The van der Waals surface area contributed by atoms with Gasteiger partial charge in [0.05, 0.1) is 16.7 Å². The number of hydrogen-bond acceptors (Lipinski definition) is 4. The number of hydrogen-bond donors (Lipinski definition) is 0. The van der Waals surface area contributed by atoms with Crippen molar-refractivity contribution in [2.45, 2.75) is 0 Å². The molecule has 0 fully saturated rings. The van der Waals surface area contributed by atoms with E-state index in [0.29, 0.717) is 17.5 Å². The predicted octanol–water partition coefficient (Wildman–Crippen LogP) is 15.5. The number of para-hydroxylation sites is 1. The van der Waals surface area contributed by atoms with Gasteiger partial charge in [0, 0.05) is 58.8 Å². The summed E-state index contributed by atoms with van der Waals surface area (Å²) >= 11 is 1.85. The van der Waals surface area contributed by atoms with Crippen LogP contribution in [-0.4, -0.2) is 19.5 Å². The first-order valence-electron chi connectivity index (χ1n) is 20.9. The van der Waals surface area contributed by atoms with E-state index in [4.69, 9.17) is 15.0 Å². The van der Waals surface area contributed by atoms with Crippen molar-refractivity contribution in [3.63, 3.8) is 0 Å². The SMILES string of the molecule is c1ccc2cc(-c3nc(-c4ccc(-n5c6ccccc6c6cc7ccccc7cc65)c(-c5cccc6c5sc5ccccc56)c4)nc(-c4ccc5ccccc5c4)n3)ccc2c1. The summed E-state index contributed by atoms with van der Waals surface area (Å²) in [4.78, 5) is 15.8. The topological polar surface area (TPSA) is 43.6 Å². The molecule has 0 radical (unpaired) electrons. The summed E-state index contributed by atoms with van der Waals surface area (Å²) in [5, 5.41) is 12.0. The van der Waals surface area contributed by atoms with Crippen LogP contribution in [0.5, 0.6) is 0 Å². The smallest absolute Gasteiger partial charge is 0.164 e. The van der Waals surface area contributed by atoms with Crippen molar-refractivity contribution < 1.29 is 0 Å². The minimum Gasteiger partial charge on any atom is -0.309 e. The quantitative estimate of drug-likeness (QED) is 0.174. The molecular weight excluding hydrogens is 773 g/mol. The van der Waals surface area contributed by atoms with E-state index in [-0.39, 0.29) is 0 Å². The van der Waals surface area contributed by atoms with Gasteiger partial charge >= 0.3 is 0 Å². The maximum Gasteiger partial charge on any atom is 0.164 e. The highest BCUT2D eigenvalue weighted by Crippen LogP contribution is 2.45. The maximum absolute atomic E-state index is 5.30. The summed E-state index contributed by atoms with van der Waals surface area (Å²) in [7, 11) is 0. The first-order chi connectivity index (χ1) is 30.7. The minimum absolute atomic E-state index is 0.621. The number of aromatic nitrogens is 4. The van der Waals surface area contributed by atoms with Gasteiger partial charge in [-0.1, -0.05) is 152 Å². The highest BCUT2D eigenvalue weighted by molar-refractivity contribution is 7.26. The molecule has 4 nitrogen and oxygen atoms in total. The van der Waals surface area contributed by atoms with Gasteiger partial charge in [0.25, 0.3) is 0 Å². The van der Waals surface area contributed by atoms with E-state index in [1.54, 1.807) is 0 Å². The Hall–Kier alpha value is -7.99. The number of nitrogens with zero attached hydrogens (tertiary/aromatic N) is 4. The fourth-order valence-electron chi connectivity index (χ4n) is 9.38. The van der Waals surface area contributed by atoms with E-state index in [1.807, 2.05) is 11.3 Å². The number of thiophene rings is 1. The van der Waals surface area contributed by atoms with Crippen molar-refractivity contribution in [3.05, 3.63) is 206 Å². The Morgan fingerprint density at radius 2 is 0.839 bits per heavy atom. The van der Waals surface area contributed by atoms with Crippen LogP contribution in [-0.2, 0) is 0 Å². The van der Waals surface area contributed by atoms with E-state index < -0.39 is 0 Å². The second kappa shape index (κ2) is 13.8. The first-order valence-corrected chi connectivity index (χ1v) is 21.7. The molecule has 0 bridgehead atoms. The largest absolute Gasteiger partial charge is 0.309 e. The fraction of sp³-hybridized carbons (Fsp3) is 0. The Morgan fingerprint density at radius 1 is 0.323 bits per heavy atom. The average Bonchev–Trinajstić information content (AvgIpc) is 3.88. The molecule has 0 saturated carbocycles. The van der Waals surface area contributed by atoms with Gasteiger partial charge in [-0.25, -0.2) is 15.0 Å². The number of rotatable bonds is 5. The van der Waals surface area contributed by atoms with Crippen LogP contribution in [0.4, 0.5) is 0 Å². The Balaban J connectivity index is 1.10. The van der Waals surface area contributed by atoms with Crippen molar-refractivity contribution in [3.8, 4) is 51.0 Å². The van der Waals surface area contributed by atoms with E-state index in [2.05, 4.69) is 211 Å². The van der Waals surface area contributed by atoms with E-state index in [0.717, 1.165) is 44.2 Å². The van der Waals surface area contributed by atoms with E-state index in [1.165, 1.54) is 63.6 Å². The van der Waals surface area contributed by atoms with Crippen LogP contribution in [0.1, 0.15) is 0 Å². The van der Waals surface area contributed by atoms with Gasteiger partial charge in [0.1, 0.15) is 0 Å². The molecule has 10 aromatic carbocycles. The van der Waals surface area contributed by atoms with Crippen LogP contribution in [0.3, 0.4) is 0 Å². The molecule has 0 saturated heterocycles. The number of fused-ring (bicyclic) bond motifs is 9. The monoisotopic (exact) mass is 806 g/mol. The van der Waals surface area contributed by atoms with Gasteiger partial charge in [-0.05, 0) is 86.9 Å². The van der Waals surface area contributed by atoms with Crippen molar-refractivity contribution in [2.75, 3.05) is 0 Å². The molecule has 13 aromatic rings. The average molecular weight is 807 g/mol. The fourth-order valence-corrected chi connectivity index (χ4v) is 10.6. The van der Waals surface area contributed by atoms with Gasteiger partial charge in [0.15, 0.2) is 17.5 Å². The Morgan fingerprint density at radius 3 is 1.52 bits per heavy atom. The molecule has 288 valence electrons. The van der Waals surface area contributed by atoms with Crippen molar-refractivity contribution >= 4 is 85.6 Å². The summed E-state index contributed by atoms with van der Waals surface area (Å²) in [5.41, 5.74) is 8.50. The van der Waals surface area contributed by atoms with Crippen LogP contribution >= 0.6 is 11.3 Å². The standard InChI is InChI=1S/C57H34N4S/c1-3-14-37-30-41(26-24-35(37)12-1)55-58-56(42-27-25-36-13-2-4-15-38(36)31-42)60-57(59-55)43-28-29-51(49(33-43)47-21-11-20-46-45-19-8-10-23-53(45)62-54(46)47)61-50-22-9-7-18-44(50)48-32-39-16-5-6-17-40(39)34-52(48)61/h1-34H. The van der Waals surface area contributed by atoms with Crippen LogP contribution in [0.2, 0.25) is 0 Å². The second-order valence-corrected chi connectivity index (χ2v) is 17.1.